The van der Waals surface area contributed by atoms with Crippen LogP contribution in [0.15, 0.2) is 36.4 Å². The standard InChI is InChI=1S/C19H22F2O4S/c1-12-4-5-13(2)19(8-12)25-10-16(22)11-26(23,24)14(3)15-6-7-17(20)18(21)9-15/h4-9,14,16,22H,10-11H2,1-3H3/t14-,16+/m1/s1. The van der Waals surface area contributed by atoms with Gasteiger partial charge in [-0.3, -0.25) is 0 Å². The molecule has 2 rings (SSSR count). The number of aliphatic hydroxyl groups excluding tert-OH is 1. The third kappa shape index (κ3) is 5.02. The van der Waals surface area contributed by atoms with Crippen LogP contribution in [0.25, 0.3) is 0 Å². The molecule has 0 saturated carbocycles. The van der Waals surface area contributed by atoms with E-state index in [1.54, 1.807) is 6.07 Å². The van der Waals surface area contributed by atoms with Crippen molar-refractivity contribution in [1.82, 2.24) is 0 Å². The predicted molar refractivity (Wildman–Crippen MR) is 96.0 cm³/mol. The number of benzene rings is 2. The van der Waals surface area contributed by atoms with Gasteiger partial charge >= 0.3 is 0 Å². The van der Waals surface area contributed by atoms with E-state index in [1.165, 1.54) is 13.0 Å². The summed E-state index contributed by atoms with van der Waals surface area (Å²) in [5, 5.41) is 8.99. The van der Waals surface area contributed by atoms with Gasteiger partial charge in [0.15, 0.2) is 21.5 Å². The number of sulfone groups is 1. The summed E-state index contributed by atoms with van der Waals surface area (Å²) >= 11 is 0. The van der Waals surface area contributed by atoms with Crippen molar-refractivity contribution in [2.24, 2.45) is 0 Å². The molecule has 0 unspecified atom stereocenters. The fraction of sp³-hybridized carbons (Fsp3) is 0.368. The summed E-state index contributed by atoms with van der Waals surface area (Å²) in [6.07, 6.45) is -1.24. The van der Waals surface area contributed by atoms with E-state index in [0.717, 1.165) is 23.3 Å². The van der Waals surface area contributed by atoms with Gasteiger partial charge in [0.05, 0.1) is 11.0 Å². The van der Waals surface area contributed by atoms with Crippen LogP contribution < -0.4 is 4.74 Å². The molecule has 0 heterocycles. The number of hydrogen-bond acceptors (Lipinski definition) is 4. The first kappa shape index (κ1) is 20.3. The van der Waals surface area contributed by atoms with Crippen molar-refractivity contribution in [2.75, 3.05) is 12.4 Å². The highest BCUT2D eigenvalue weighted by Gasteiger charge is 2.27. The molecule has 0 saturated heterocycles. The normalized spacial score (nSPS) is 14.1. The van der Waals surface area contributed by atoms with Gasteiger partial charge in [-0.05, 0) is 55.7 Å². The van der Waals surface area contributed by atoms with Crippen LogP contribution in [0.3, 0.4) is 0 Å². The van der Waals surface area contributed by atoms with Crippen molar-refractivity contribution in [3.05, 3.63) is 64.7 Å². The van der Waals surface area contributed by atoms with Crippen LogP contribution in [0.2, 0.25) is 0 Å². The Bertz CT molecular complexity index is 881. The van der Waals surface area contributed by atoms with Crippen LogP contribution in [-0.4, -0.2) is 32.0 Å². The molecule has 142 valence electrons. The number of ether oxygens (including phenoxy) is 1. The lowest BCUT2D eigenvalue weighted by atomic mass is 10.1. The highest BCUT2D eigenvalue weighted by Crippen LogP contribution is 2.25. The highest BCUT2D eigenvalue weighted by molar-refractivity contribution is 7.91. The van der Waals surface area contributed by atoms with Crippen LogP contribution in [-0.2, 0) is 9.84 Å². The summed E-state index contributed by atoms with van der Waals surface area (Å²) in [7, 11) is -3.78. The second-order valence-corrected chi connectivity index (χ2v) is 8.75. The van der Waals surface area contributed by atoms with Crippen molar-refractivity contribution in [1.29, 1.82) is 0 Å². The Balaban J connectivity index is 2.03. The maximum atomic E-state index is 13.3. The maximum Gasteiger partial charge on any atom is 0.159 e. The smallest absolute Gasteiger partial charge is 0.159 e. The van der Waals surface area contributed by atoms with Crippen molar-refractivity contribution >= 4 is 9.84 Å². The molecular weight excluding hydrogens is 362 g/mol. The van der Waals surface area contributed by atoms with Crippen molar-refractivity contribution in [3.63, 3.8) is 0 Å². The number of aliphatic hydroxyl groups is 1. The first-order valence-electron chi connectivity index (χ1n) is 8.15. The lowest BCUT2D eigenvalue weighted by Crippen LogP contribution is -2.29. The minimum absolute atomic E-state index is 0.131. The molecule has 0 radical (unpaired) electrons. The van der Waals surface area contributed by atoms with Gasteiger partial charge in [-0.1, -0.05) is 18.2 Å². The van der Waals surface area contributed by atoms with E-state index in [9.17, 15) is 22.3 Å². The van der Waals surface area contributed by atoms with E-state index in [1.807, 2.05) is 26.0 Å². The molecule has 2 atom stereocenters. The predicted octanol–water partition coefficient (Wildman–Crippen LogP) is 3.50. The zero-order valence-electron chi connectivity index (χ0n) is 14.9. The quantitative estimate of drug-likeness (QED) is 0.794. The Morgan fingerprint density at radius 3 is 2.42 bits per heavy atom. The largest absolute Gasteiger partial charge is 0.491 e. The van der Waals surface area contributed by atoms with E-state index in [2.05, 4.69) is 0 Å². The molecule has 0 aromatic heterocycles. The van der Waals surface area contributed by atoms with E-state index < -0.39 is 38.6 Å². The lowest BCUT2D eigenvalue weighted by molar-refractivity contribution is 0.124. The van der Waals surface area contributed by atoms with Crippen LogP contribution >= 0.6 is 0 Å². The third-order valence-corrected chi connectivity index (χ3v) is 6.35. The van der Waals surface area contributed by atoms with Gasteiger partial charge in [-0.25, -0.2) is 17.2 Å². The highest BCUT2D eigenvalue weighted by atomic mass is 32.2. The molecule has 0 amide bonds. The summed E-state index contributed by atoms with van der Waals surface area (Å²) in [4.78, 5) is 0. The first-order chi connectivity index (χ1) is 12.1. The molecule has 0 fully saturated rings. The van der Waals surface area contributed by atoms with Gasteiger partial charge in [-0.15, -0.1) is 0 Å². The fourth-order valence-electron chi connectivity index (χ4n) is 2.48. The molecule has 0 spiro atoms. The molecule has 2 aromatic carbocycles. The van der Waals surface area contributed by atoms with Crippen molar-refractivity contribution in [3.8, 4) is 5.75 Å². The lowest BCUT2D eigenvalue weighted by Gasteiger charge is -2.18. The number of hydrogen-bond donors (Lipinski definition) is 1. The molecule has 4 nitrogen and oxygen atoms in total. The van der Waals surface area contributed by atoms with Crippen molar-refractivity contribution < 1.29 is 27.0 Å². The van der Waals surface area contributed by atoms with Crippen LogP contribution in [0.4, 0.5) is 8.78 Å². The van der Waals surface area contributed by atoms with Gasteiger partial charge in [0, 0.05) is 0 Å². The Kier molecular flexibility index (Phi) is 6.36. The molecule has 0 bridgehead atoms. The van der Waals surface area contributed by atoms with E-state index >= 15 is 0 Å². The summed E-state index contributed by atoms with van der Waals surface area (Å²) in [5.41, 5.74) is 1.99. The van der Waals surface area contributed by atoms with Crippen LogP contribution in [0.1, 0.15) is 28.9 Å². The van der Waals surface area contributed by atoms with Gasteiger partial charge in [0.25, 0.3) is 0 Å². The molecular formula is C19H22F2O4S. The fourth-order valence-corrected chi connectivity index (χ4v) is 3.96. The van der Waals surface area contributed by atoms with E-state index in [-0.39, 0.29) is 12.2 Å². The Hall–Kier alpha value is -1.99. The topological polar surface area (TPSA) is 63.6 Å². The molecule has 1 N–H and O–H groups in total. The second-order valence-electron chi connectivity index (χ2n) is 6.38. The zero-order chi connectivity index (χ0) is 19.5. The van der Waals surface area contributed by atoms with Gasteiger partial charge in [-0.2, -0.15) is 0 Å². The Morgan fingerprint density at radius 2 is 1.77 bits per heavy atom. The second kappa shape index (κ2) is 8.14. The average molecular weight is 384 g/mol. The molecule has 26 heavy (non-hydrogen) atoms. The monoisotopic (exact) mass is 384 g/mol. The minimum atomic E-state index is -3.78. The number of halogens is 2. The number of aryl methyl sites for hydroxylation is 2. The first-order valence-corrected chi connectivity index (χ1v) is 9.86. The minimum Gasteiger partial charge on any atom is -0.491 e. The SMILES string of the molecule is Cc1ccc(C)c(OC[C@H](O)CS(=O)(=O)[C@H](C)c2ccc(F)c(F)c2)c1. The maximum absolute atomic E-state index is 13.3. The molecule has 0 aliphatic carbocycles. The zero-order valence-corrected chi connectivity index (χ0v) is 15.7. The van der Waals surface area contributed by atoms with E-state index in [0.29, 0.717) is 5.75 Å². The van der Waals surface area contributed by atoms with E-state index in [4.69, 9.17) is 4.74 Å². The summed E-state index contributed by atoms with van der Waals surface area (Å²) in [6.45, 7) is 4.94. The van der Waals surface area contributed by atoms with Crippen molar-refractivity contribution in [2.45, 2.75) is 32.1 Å². The summed E-state index contributed by atoms with van der Waals surface area (Å²) < 4.78 is 56.7. The molecule has 0 aliphatic heterocycles. The van der Waals surface area contributed by atoms with Gasteiger partial charge in [0.2, 0.25) is 0 Å². The molecule has 2 aromatic rings. The Labute approximate surface area is 152 Å². The third-order valence-electron chi connectivity index (χ3n) is 4.15. The van der Waals surface area contributed by atoms with Gasteiger partial charge < -0.3 is 9.84 Å². The molecule has 7 heteroatoms. The summed E-state index contributed by atoms with van der Waals surface area (Å²) in [5.74, 6) is -2.11. The molecule has 0 aliphatic rings. The number of rotatable bonds is 7. The van der Waals surface area contributed by atoms with Gasteiger partial charge in [0.1, 0.15) is 18.5 Å². The van der Waals surface area contributed by atoms with Crippen LogP contribution in [0, 0.1) is 25.5 Å². The van der Waals surface area contributed by atoms with Crippen LogP contribution in [0.5, 0.6) is 5.75 Å². The average Bonchev–Trinajstić information content (AvgIpc) is 2.57. The Morgan fingerprint density at radius 1 is 1.08 bits per heavy atom. The summed E-state index contributed by atoms with van der Waals surface area (Å²) in [6, 6.07) is 8.57.